The van der Waals surface area contributed by atoms with Crippen molar-refractivity contribution in [3.8, 4) is 0 Å². The van der Waals surface area contributed by atoms with E-state index in [1.165, 1.54) is 0 Å². The largest absolute Gasteiger partial charge is 0.375 e. The number of aromatic nitrogens is 1. The molecule has 0 saturated heterocycles. The molecule has 0 atom stereocenters. The van der Waals surface area contributed by atoms with Crippen LogP contribution in [0.2, 0.25) is 0 Å². The summed E-state index contributed by atoms with van der Waals surface area (Å²) in [6.07, 6.45) is 4.00. The van der Waals surface area contributed by atoms with Crippen LogP contribution in [0.1, 0.15) is 6.42 Å². The fourth-order valence-corrected chi connectivity index (χ4v) is 4.04. The average molecular weight is 355 g/mol. The highest BCUT2D eigenvalue weighted by Gasteiger charge is 2.16. The summed E-state index contributed by atoms with van der Waals surface area (Å²) in [7, 11) is -1.54. The molecule has 3 rings (SSSR count). The van der Waals surface area contributed by atoms with Gasteiger partial charge >= 0.3 is 0 Å². The van der Waals surface area contributed by atoms with E-state index in [1.54, 1.807) is 30.6 Å². The molecule has 6 heteroatoms. The Morgan fingerprint density at radius 2 is 1.84 bits per heavy atom. The minimum atomic E-state index is -3.55. The number of hydrogen-bond donors (Lipinski definition) is 1. The molecule has 0 saturated carbocycles. The van der Waals surface area contributed by atoms with Gasteiger partial charge in [0.05, 0.1) is 4.90 Å². The van der Waals surface area contributed by atoms with E-state index in [2.05, 4.69) is 14.6 Å². The average Bonchev–Trinajstić information content (AvgIpc) is 2.65. The van der Waals surface area contributed by atoms with E-state index in [1.807, 2.05) is 43.4 Å². The number of rotatable bonds is 7. The molecule has 1 heterocycles. The van der Waals surface area contributed by atoms with E-state index in [0.717, 1.165) is 24.0 Å². The Morgan fingerprint density at radius 3 is 2.64 bits per heavy atom. The second-order valence-corrected chi connectivity index (χ2v) is 7.60. The fourth-order valence-electron chi connectivity index (χ4n) is 2.74. The maximum Gasteiger partial charge on any atom is 0.241 e. The lowest BCUT2D eigenvalue weighted by Crippen LogP contribution is -2.28. The van der Waals surface area contributed by atoms with Crippen molar-refractivity contribution in [2.24, 2.45) is 0 Å². The van der Waals surface area contributed by atoms with Gasteiger partial charge in [-0.15, -0.1) is 0 Å². The van der Waals surface area contributed by atoms with Gasteiger partial charge in [-0.1, -0.05) is 30.3 Å². The van der Waals surface area contributed by atoms with Crippen LogP contribution in [0.15, 0.2) is 71.9 Å². The van der Waals surface area contributed by atoms with Crippen LogP contribution < -0.4 is 9.62 Å². The van der Waals surface area contributed by atoms with E-state index >= 15 is 0 Å². The number of nitrogens with zero attached hydrogens (tertiary/aromatic N) is 2. The topological polar surface area (TPSA) is 62.3 Å². The monoisotopic (exact) mass is 355 g/mol. The summed E-state index contributed by atoms with van der Waals surface area (Å²) in [5.41, 5.74) is 1.12. The number of anilines is 1. The summed E-state index contributed by atoms with van der Waals surface area (Å²) < 4.78 is 27.9. The van der Waals surface area contributed by atoms with Crippen molar-refractivity contribution in [3.63, 3.8) is 0 Å². The van der Waals surface area contributed by atoms with Gasteiger partial charge in [-0.2, -0.15) is 0 Å². The number of para-hydroxylation sites is 1. The molecule has 0 aliphatic rings. The van der Waals surface area contributed by atoms with Gasteiger partial charge < -0.3 is 4.90 Å². The number of fused-ring (bicyclic) bond motifs is 1. The molecular weight excluding hydrogens is 334 g/mol. The first-order chi connectivity index (χ1) is 12.1. The van der Waals surface area contributed by atoms with E-state index in [-0.39, 0.29) is 0 Å². The van der Waals surface area contributed by atoms with Crippen LogP contribution in [0.4, 0.5) is 5.69 Å². The molecule has 0 unspecified atom stereocenters. The molecule has 2 aromatic carbocycles. The highest BCUT2D eigenvalue weighted by Crippen LogP contribution is 2.21. The van der Waals surface area contributed by atoms with Gasteiger partial charge in [0.25, 0.3) is 0 Å². The van der Waals surface area contributed by atoms with Crippen molar-refractivity contribution >= 4 is 26.5 Å². The predicted molar refractivity (Wildman–Crippen MR) is 101 cm³/mol. The van der Waals surface area contributed by atoms with Gasteiger partial charge in [0, 0.05) is 49.0 Å². The molecule has 0 bridgehead atoms. The van der Waals surface area contributed by atoms with Crippen molar-refractivity contribution in [1.29, 1.82) is 0 Å². The number of nitrogens with one attached hydrogen (secondary N) is 1. The molecule has 0 spiro atoms. The molecular formula is C19H21N3O2S. The summed E-state index contributed by atoms with van der Waals surface area (Å²) in [6.45, 7) is 1.16. The molecule has 1 N–H and O–H groups in total. The van der Waals surface area contributed by atoms with Crippen molar-refractivity contribution in [3.05, 3.63) is 67.0 Å². The van der Waals surface area contributed by atoms with E-state index < -0.39 is 10.0 Å². The fraction of sp³-hybridized carbons (Fsp3) is 0.211. The molecule has 5 nitrogen and oxygen atoms in total. The molecule has 0 radical (unpaired) electrons. The number of hydrogen-bond acceptors (Lipinski definition) is 4. The van der Waals surface area contributed by atoms with Crippen LogP contribution in [0.25, 0.3) is 10.8 Å². The lowest BCUT2D eigenvalue weighted by Gasteiger charge is -2.19. The summed E-state index contributed by atoms with van der Waals surface area (Å²) >= 11 is 0. The first kappa shape index (κ1) is 17.4. The molecule has 0 aliphatic carbocycles. The SMILES string of the molecule is CN(CCCNS(=O)(=O)c1cccc2cnccc12)c1ccccc1. The van der Waals surface area contributed by atoms with Gasteiger partial charge in [-0.05, 0) is 30.7 Å². The summed E-state index contributed by atoms with van der Waals surface area (Å²) in [5.74, 6) is 0. The Balaban J connectivity index is 1.62. The minimum Gasteiger partial charge on any atom is -0.375 e. The van der Waals surface area contributed by atoms with Gasteiger partial charge in [0.2, 0.25) is 10.0 Å². The van der Waals surface area contributed by atoms with Crippen molar-refractivity contribution in [1.82, 2.24) is 9.71 Å². The molecule has 1 aromatic heterocycles. The molecule has 3 aromatic rings. The standard InChI is InChI=1S/C19H21N3O2S/c1-22(17-8-3-2-4-9-17)14-6-12-21-25(23,24)19-10-5-7-16-15-20-13-11-18(16)19/h2-5,7-11,13,15,21H,6,12,14H2,1H3. The van der Waals surface area contributed by atoms with Crippen LogP contribution >= 0.6 is 0 Å². The molecule has 25 heavy (non-hydrogen) atoms. The zero-order valence-electron chi connectivity index (χ0n) is 14.1. The first-order valence-electron chi connectivity index (χ1n) is 8.16. The molecule has 0 fully saturated rings. The normalized spacial score (nSPS) is 11.6. The third-order valence-corrected chi connectivity index (χ3v) is 5.61. The first-order valence-corrected chi connectivity index (χ1v) is 9.65. The smallest absolute Gasteiger partial charge is 0.241 e. The number of pyridine rings is 1. The third-order valence-electron chi connectivity index (χ3n) is 4.09. The Labute approximate surface area is 148 Å². The van der Waals surface area contributed by atoms with E-state index in [4.69, 9.17) is 0 Å². The Kier molecular flexibility index (Phi) is 5.31. The van der Waals surface area contributed by atoms with Crippen molar-refractivity contribution < 1.29 is 8.42 Å². The highest BCUT2D eigenvalue weighted by atomic mass is 32.2. The quantitative estimate of drug-likeness (QED) is 0.662. The van der Waals surface area contributed by atoms with Crippen LogP contribution in [0.5, 0.6) is 0 Å². The van der Waals surface area contributed by atoms with Gasteiger partial charge in [-0.3, -0.25) is 4.98 Å². The highest BCUT2D eigenvalue weighted by molar-refractivity contribution is 7.89. The van der Waals surface area contributed by atoms with Crippen LogP contribution in [-0.4, -0.2) is 33.5 Å². The predicted octanol–water partition coefficient (Wildman–Crippen LogP) is 3.04. The molecule has 0 amide bonds. The Morgan fingerprint density at radius 1 is 1.04 bits per heavy atom. The summed E-state index contributed by atoms with van der Waals surface area (Å²) in [4.78, 5) is 6.44. The van der Waals surface area contributed by atoms with Gasteiger partial charge in [0.1, 0.15) is 0 Å². The Bertz CT molecular complexity index is 938. The molecule has 0 aliphatic heterocycles. The van der Waals surface area contributed by atoms with Crippen LogP contribution in [0, 0.1) is 0 Å². The third kappa shape index (κ3) is 4.15. The van der Waals surface area contributed by atoms with Crippen LogP contribution in [-0.2, 0) is 10.0 Å². The summed E-state index contributed by atoms with van der Waals surface area (Å²) in [6, 6.07) is 17.0. The van der Waals surface area contributed by atoms with Crippen molar-refractivity contribution in [2.45, 2.75) is 11.3 Å². The lowest BCUT2D eigenvalue weighted by atomic mass is 10.2. The number of sulfonamides is 1. The van der Waals surface area contributed by atoms with Gasteiger partial charge in [-0.25, -0.2) is 13.1 Å². The molecule has 130 valence electrons. The van der Waals surface area contributed by atoms with Crippen molar-refractivity contribution in [2.75, 3.05) is 25.0 Å². The number of benzene rings is 2. The lowest BCUT2D eigenvalue weighted by molar-refractivity contribution is 0.580. The maximum atomic E-state index is 12.6. The second kappa shape index (κ2) is 7.63. The zero-order valence-corrected chi connectivity index (χ0v) is 14.9. The zero-order chi connectivity index (χ0) is 17.7. The second-order valence-electron chi connectivity index (χ2n) is 5.86. The minimum absolute atomic E-state index is 0.295. The van der Waals surface area contributed by atoms with E-state index in [9.17, 15) is 8.42 Å². The maximum absolute atomic E-state index is 12.6. The van der Waals surface area contributed by atoms with E-state index in [0.29, 0.717) is 16.8 Å². The Hall–Kier alpha value is -2.44. The van der Waals surface area contributed by atoms with Crippen LogP contribution in [0.3, 0.4) is 0 Å². The van der Waals surface area contributed by atoms with Gasteiger partial charge in [0.15, 0.2) is 0 Å². The summed E-state index contributed by atoms with van der Waals surface area (Å²) in [5, 5.41) is 1.50.